The number of hydrogen-bond acceptors (Lipinski definition) is 4. The van der Waals surface area contributed by atoms with E-state index in [1.54, 1.807) is 6.20 Å². The number of rotatable bonds is 2. The maximum absolute atomic E-state index is 9.56. The summed E-state index contributed by atoms with van der Waals surface area (Å²) in [6, 6.07) is 3.95. The maximum atomic E-state index is 9.56. The first-order chi connectivity index (χ1) is 6.45. The van der Waals surface area contributed by atoms with E-state index in [4.69, 9.17) is 4.55 Å². The van der Waals surface area contributed by atoms with E-state index in [9.17, 15) is 8.42 Å². The third-order valence-corrected chi connectivity index (χ3v) is 1.61. The van der Waals surface area contributed by atoms with Gasteiger partial charge in [0.15, 0.2) is 0 Å². The number of aryl methyl sites for hydroxylation is 1. The summed E-state index contributed by atoms with van der Waals surface area (Å²) in [6.07, 6.45) is 3.60. The molecule has 0 aromatic carbocycles. The highest BCUT2D eigenvalue weighted by atomic mass is 32.3. The molecule has 80 valence electrons. The van der Waals surface area contributed by atoms with Crippen molar-refractivity contribution >= 4 is 10.4 Å². The standard InChI is InChI=1S/C6H7N.C2H6O4S/c1-6-3-2-4-7-5-6;1-2-6-7(3,4)5/h2-5H,1H3;2H2,1H3,(H,3,4,5). The molecule has 0 bridgehead atoms. The molecule has 0 saturated carbocycles. The van der Waals surface area contributed by atoms with Crippen LogP contribution in [0.5, 0.6) is 0 Å². The van der Waals surface area contributed by atoms with Crippen molar-refractivity contribution in [1.29, 1.82) is 0 Å². The average molecular weight is 219 g/mol. The number of pyridine rings is 1. The maximum Gasteiger partial charge on any atom is 0.397 e. The van der Waals surface area contributed by atoms with Gasteiger partial charge in [-0.15, -0.1) is 0 Å². The zero-order chi connectivity index (χ0) is 11.0. The molecule has 0 amide bonds. The van der Waals surface area contributed by atoms with E-state index in [2.05, 4.69) is 9.17 Å². The lowest BCUT2D eigenvalue weighted by Gasteiger charge is -1.88. The van der Waals surface area contributed by atoms with Crippen molar-refractivity contribution in [2.45, 2.75) is 13.8 Å². The van der Waals surface area contributed by atoms with Crippen LogP contribution >= 0.6 is 0 Å². The fourth-order valence-electron chi connectivity index (χ4n) is 0.597. The van der Waals surface area contributed by atoms with Gasteiger partial charge >= 0.3 is 10.4 Å². The van der Waals surface area contributed by atoms with Crippen LogP contribution in [0.1, 0.15) is 12.5 Å². The lowest BCUT2D eigenvalue weighted by molar-refractivity contribution is 0.283. The molecule has 0 unspecified atom stereocenters. The number of nitrogens with zero attached hydrogens (tertiary/aromatic N) is 1. The predicted octanol–water partition coefficient (Wildman–Crippen LogP) is 1.22. The Hall–Kier alpha value is -0.980. The average Bonchev–Trinajstić information content (AvgIpc) is 2.04. The van der Waals surface area contributed by atoms with E-state index < -0.39 is 10.4 Å². The lowest BCUT2D eigenvalue weighted by Crippen LogP contribution is -2.01. The first-order valence-corrected chi connectivity index (χ1v) is 5.30. The Labute approximate surface area is 83.7 Å². The fourth-order valence-corrected chi connectivity index (χ4v) is 0.895. The predicted molar refractivity (Wildman–Crippen MR) is 52.1 cm³/mol. The van der Waals surface area contributed by atoms with Gasteiger partial charge in [-0.25, -0.2) is 4.18 Å². The minimum Gasteiger partial charge on any atom is -0.264 e. The Kier molecular flexibility index (Phi) is 6.02. The quantitative estimate of drug-likeness (QED) is 0.757. The van der Waals surface area contributed by atoms with Crippen LogP contribution < -0.4 is 0 Å². The highest BCUT2D eigenvalue weighted by molar-refractivity contribution is 7.80. The van der Waals surface area contributed by atoms with Crippen molar-refractivity contribution in [3.8, 4) is 0 Å². The minimum absolute atomic E-state index is 0.0289. The molecule has 0 aliphatic carbocycles. The first kappa shape index (κ1) is 13.0. The largest absolute Gasteiger partial charge is 0.397 e. The van der Waals surface area contributed by atoms with Crippen LogP contribution in [0.3, 0.4) is 0 Å². The summed E-state index contributed by atoms with van der Waals surface area (Å²) in [4.78, 5) is 3.88. The molecule has 14 heavy (non-hydrogen) atoms. The molecular weight excluding hydrogens is 206 g/mol. The zero-order valence-corrected chi connectivity index (χ0v) is 8.86. The zero-order valence-electron chi connectivity index (χ0n) is 8.04. The summed E-state index contributed by atoms with van der Waals surface area (Å²) in [5.74, 6) is 0. The van der Waals surface area contributed by atoms with Gasteiger partial charge in [0.2, 0.25) is 0 Å². The van der Waals surface area contributed by atoms with E-state index >= 15 is 0 Å². The molecule has 1 aromatic rings. The number of hydrogen-bond donors (Lipinski definition) is 1. The minimum atomic E-state index is -4.17. The molecule has 5 nitrogen and oxygen atoms in total. The van der Waals surface area contributed by atoms with E-state index in [0.717, 1.165) is 0 Å². The van der Waals surface area contributed by atoms with Gasteiger partial charge in [0.1, 0.15) is 0 Å². The Bertz CT molecular complexity index is 336. The first-order valence-electron chi connectivity index (χ1n) is 3.94. The molecule has 0 fully saturated rings. The molecule has 1 rings (SSSR count). The molecule has 0 aliphatic heterocycles. The van der Waals surface area contributed by atoms with Crippen molar-refractivity contribution in [3.05, 3.63) is 30.1 Å². The highest BCUT2D eigenvalue weighted by Crippen LogP contribution is 1.88. The SMILES string of the molecule is CCOS(=O)(=O)O.Cc1cccnc1. The Morgan fingerprint density at radius 2 is 2.21 bits per heavy atom. The van der Waals surface area contributed by atoms with Gasteiger partial charge in [-0.1, -0.05) is 6.07 Å². The summed E-state index contributed by atoms with van der Waals surface area (Å²) < 4.78 is 30.7. The molecule has 1 N–H and O–H groups in total. The van der Waals surface area contributed by atoms with Crippen molar-refractivity contribution in [2.75, 3.05) is 6.61 Å². The summed E-state index contributed by atoms with van der Waals surface area (Å²) in [5.41, 5.74) is 1.21. The summed E-state index contributed by atoms with van der Waals surface area (Å²) in [7, 11) is -4.17. The van der Waals surface area contributed by atoms with Gasteiger partial charge in [0, 0.05) is 12.4 Å². The summed E-state index contributed by atoms with van der Waals surface area (Å²) >= 11 is 0. The third-order valence-electron chi connectivity index (χ3n) is 1.08. The van der Waals surface area contributed by atoms with Gasteiger partial charge < -0.3 is 0 Å². The van der Waals surface area contributed by atoms with Gasteiger partial charge in [-0.3, -0.25) is 9.54 Å². The molecule has 0 saturated heterocycles. The lowest BCUT2D eigenvalue weighted by atomic mass is 10.3. The van der Waals surface area contributed by atoms with Crippen LogP contribution in [0.4, 0.5) is 0 Å². The van der Waals surface area contributed by atoms with Crippen LogP contribution in [0, 0.1) is 6.92 Å². The Morgan fingerprint density at radius 3 is 2.36 bits per heavy atom. The second-order valence-electron chi connectivity index (χ2n) is 2.36. The van der Waals surface area contributed by atoms with Gasteiger partial charge in [-0.05, 0) is 25.5 Å². The third kappa shape index (κ3) is 9.11. The molecule has 0 aliphatic rings. The second-order valence-corrected chi connectivity index (χ2v) is 3.46. The summed E-state index contributed by atoms with van der Waals surface area (Å²) in [5, 5.41) is 0. The molecule has 0 spiro atoms. The van der Waals surface area contributed by atoms with Gasteiger partial charge in [0.25, 0.3) is 0 Å². The summed E-state index contributed by atoms with van der Waals surface area (Å²) in [6.45, 7) is 3.46. The van der Waals surface area contributed by atoms with Crippen molar-refractivity contribution in [3.63, 3.8) is 0 Å². The van der Waals surface area contributed by atoms with Gasteiger partial charge in [-0.2, -0.15) is 8.42 Å². The van der Waals surface area contributed by atoms with Gasteiger partial charge in [0.05, 0.1) is 6.61 Å². The molecule has 0 atom stereocenters. The Balaban J connectivity index is 0.000000241. The monoisotopic (exact) mass is 219 g/mol. The molecule has 1 aromatic heterocycles. The normalized spacial score (nSPS) is 10.2. The van der Waals surface area contributed by atoms with Crippen LogP contribution in [0.2, 0.25) is 0 Å². The number of aromatic nitrogens is 1. The van der Waals surface area contributed by atoms with E-state index in [-0.39, 0.29) is 6.61 Å². The van der Waals surface area contributed by atoms with Crippen molar-refractivity contribution in [2.24, 2.45) is 0 Å². The van der Waals surface area contributed by atoms with Crippen LogP contribution in [-0.4, -0.2) is 24.6 Å². The van der Waals surface area contributed by atoms with Crippen LogP contribution in [-0.2, 0) is 14.6 Å². The molecule has 6 heteroatoms. The van der Waals surface area contributed by atoms with Crippen molar-refractivity contribution < 1.29 is 17.2 Å². The molecule has 1 heterocycles. The van der Waals surface area contributed by atoms with Crippen LogP contribution in [0.15, 0.2) is 24.5 Å². The smallest absolute Gasteiger partial charge is 0.264 e. The van der Waals surface area contributed by atoms with E-state index in [1.165, 1.54) is 12.5 Å². The topological polar surface area (TPSA) is 76.5 Å². The second kappa shape index (κ2) is 6.47. The van der Waals surface area contributed by atoms with E-state index in [1.807, 2.05) is 25.3 Å². The molecule has 0 radical (unpaired) electrons. The molecular formula is C8H13NO4S. The van der Waals surface area contributed by atoms with Crippen LogP contribution in [0.25, 0.3) is 0 Å². The Morgan fingerprint density at radius 1 is 1.57 bits per heavy atom. The van der Waals surface area contributed by atoms with Crippen molar-refractivity contribution in [1.82, 2.24) is 4.98 Å². The fraction of sp³-hybridized carbons (Fsp3) is 0.375. The highest BCUT2D eigenvalue weighted by Gasteiger charge is 1.98. The van der Waals surface area contributed by atoms with E-state index in [0.29, 0.717) is 0 Å².